The maximum Gasteiger partial charge on any atom is 0.124 e. The predicted octanol–water partition coefficient (Wildman–Crippen LogP) is 2.37. The van der Waals surface area contributed by atoms with Crippen LogP contribution in [0.4, 0.5) is 0 Å². The van der Waals surface area contributed by atoms with Gasteiger partial charge in [-0.1, -0.05) is 18.2 Å². The van der Waals surface area contributed by atoms with Gasteiger partial charge in [-0.25, -0.2) is 0 Å². The van der Waals surface area contributed by atoms with Crippen molar-refractivity contribution in [2.24, 2.45) is 0 Å². The van der Waals surface area contributed by atoms with E-state index in [0.717, 1.165) is 5.75 Å². The fraction of sp³-hybridized carbons (Fsp3) is 0.455. The summed E-state index contributed by atoms with van der Waals surface area (Å²) in [5, 5.41) is 3.20. The number of para-hydroxylation sites is 1. The third kappa shape index (κ3) is 2.46. The largest absolute Gasteiger partial charge is 0.494 e. The summed E-state index contributed by atoms with van der Waals surface area (Å²) in [6, 6.07) is 8.46. The van der Waals surface area contributed by atoms with E-state index in [1.807, 2.05) is 32.2 Å². The summed E-state index contributed by atoms with van der Waals surface area (Å²) < 4.78 is 5.52. The summed E-state index contributed by atoms with van der Waals surface area (Å²) in [4.78, 5) is 0. The normalized spacial score (nSPS) is 12.5. The summed E-state index contributed by atoms with van der Waals surface area (Å²) in [6.07, 6.45) is 0. The molecule has 1 aromatic carbocycles. The van der Waals surface area contributed by atoms with Crippen molar-refractivity contribution in [1.82, 2.24) is 5.32 Å². The van der Waals surface area contributed by atoms with E-state index in [1.165, 1.54) is 5.56 Å². The number of benzene rings is 1. The lowest BCUT2D eigenvalue weighted by Gasteiger charge is -2.15. The summed E-state index contributed by atoms with van der Waals surface area (Å²) in [5.41, 5.74) is 1.21. The topological polar surface area (TPSA) is 21.3 Å². The van der Waals surface area contributed by atoms with E-state index in [2.05, 4.69) is 18.3 Å². The van der Waals surface area contributed by atoms with Crippen molar-refractivity contribution < 1.29 is 4.74 Å². The van der Waals surface area contributed by atoms with Gasteiger partial charge in [0.25, 0.3) is 0 Å². The summed E-state index contributed by atoms with van der Waals surface area (Å²) in [6.45, 7) is 4.84. The lowest BCUT2D eigenvalue weighted by atomic mass is 10.1. The first-order valence-electron chi connectivity index (χ1n) is 4.68. The Morgan fingerprint density at radius 1 is 1.38 bits per heavy atom. The van der Waals surface area contributed by atoms with E-state index in [4.69, 9.17) is 4.74 Å². The molecule has 0 aliphatic heterocycles. The minimum atomic E-state index is 0.336. The van der Waals surface area contributed by atoms with Crippen LogP contribution in [0.2, 0.25) is 0 Å². The van der Waals surface area contributed by atoms with E-state index in [-0.39, 0.29) is 0 Å². The molecule has 0 aliphatic rings. The molecule has 2 heteroatoms. The zero-order valence-corrected chi connectivity index (χ0v) is 8.50. The molecule has 1 aromatic rings. The Morgan fingerprint density at radius 2 is 2.08 bits per heavy atom. The van der Waals surface area contributed by atoms with Crippen LogP contribution in [0.15, 0.2) is 24.3 Å². The van der Waals surface area contributed by atoms with E-state index in [9.17, 15) is 0 Å². The number of hydrogen-bond donors (Lipinski definition) is 1. The van der Waals surface area contributed by atoms with Crippen LogP contribution in [-0.4, -0.2) is 13.7 Å². The minimum Gasteiger partial charge on any atom is -0.494 e. The first kappa shape index (κ1) is 10.1. The molecule has 1 rings (SSSR count). The van der Waals surface area contributed by atoms with Crippen LogP contribution in [0.5, 0.6) is 5.75 Å². The van der Waals surface area contributed by atoms with E-state index in [0.29, 0.717) is 12.6 Å². The Labute approximate surface area is 79.9 Å². The van der Waals surface area contributed by atoms with Crippen molar-refractivity contribution in [1.29, 1.82) is 0 Å². The molecule has 0 amide bonds. The van der Waals surface area contributed by atoms with E-state index < -0.39 is 0 Å². The van der Waals surface area contributed by atoms with Gasteiger partial charge in [-0.15, -0.1) is 0 Å². The molecular formula is C11H17NO. The number of ether oxygens (including phenoxy) is 1. The molecule has 0 heterocycles. The number of hydrogen-bond acceptors (Lipinski definition) is 2. The molecule has 2 nitrogen and oxygen atoms in total. The summed E-state index contributed by atoms with van der Waals surface area (Å²) >= 11 is 0. The Kier molecular flexibility index (Phi) is 3.77. The van der Waals surface area contributed by atoms with Gasteiger partial charge in [0, 0.05) is 11.6 Å². The van der Waals surface area contributed by atoms with Gasteiger partial charge in [0.15, 0.2) is 0 Å². The third-order valence-corrected chi connectivity index (χ3v) is 2.12. The molecule has 0 unspecified atom stereocenters. The monoisotopic (exact) mass is 179 g/mol. The van der Waals surface area contributed by atoms with Gasteiger partial charge in [0.2, 0.25) is 0 Å². The van der Waals surface area contributed by atoms with E-state index in [1.54, 1.807) is 0 Å². The van der Waals surface area contributed by atoms with Crippen LogP contribution in [0.1, 0.15) is 25.5 Å². The quantitative estimate of drug-likeness (QED) is 0.766. The Morgan fingerprint density at radius 3 is 2.69 bits per heavy atom. The van der Waals surface area contributed by atoms with Crippen molar-refractivity contribution in [3.05, 3.63) is 29.8 Å². The Balaban J connectivity index is 2.90. The molecule has 13 heavy (non-hydrogen) atoms. The van der Waals surface area contributed by atoms with Crippen LogP contribution < -0.4 is 10.1 Å². The Bertz CT molecular complexity index is 260. The number of rotatable bonds is 4. The first-order chi connectivity index (χ1) is 6.29. The van der Waals surface area contributed by atoms with Gasteiger partial charge in [0.05, 0.1) is 6.61 Å². The molecule has 0 saturated heterocycles. The SMILES string of the molecule is CCOc1ccccc1[C@H](C)NC. The summed E-state index contributed by atoms with van der Waals surface area (Å²) in [5.74, 6) is 0.979. The second-order valence-electron chi connectivity index (χ2n) is 2.98. The standard InChI is InChI=1S/C11H17NO/c1-4-13-11-8-6-5-7-10(11)9(2)12-3/h5-9,12H,4H2,1-3H3/t9-/m0/s1. The lowest BCUT2D eigenvalue weighted by molar-refractivity contribution is 0.333. The second kappa shape index (κ2) is 4.87. The van der Waals surface area contributed by atoms with Gasteiger partial charge in [-0.2, -0.15) is 0 Å². The van der Waals surface area contributed by atoms with E-state index >= 15 is 0 Å². The van der Waals surface area contributed by atoms with Gasteiger partial charge in [-0.05, 0) is 27.0 Å². The van der Waals surface area contributed by atoms with Gasteiger partial charge in [-0.3, -0.25) is 0 Å². The highest BCUT2D eigenvalue weighted by atomic mass is 16.5. The Hall–Kier alpha value is -1.02. The van der Waals surface area contributed by atoms with Crippen LogP contribution >= 0.6 is 0 Å². The highest BCUT2D eigenvalue weighted by Gasteiger charge is 2.07. The molecule has 0 aromatic heterocycles. The number of nitrogens with one attached hydrogen (secondary N) is 1. The molecule has 0 spiro atoms. The zero-order valence-electron chi connectivity index (χ0n) is 8.50. The highest BCUT2D eigenvalue weighted by molar-refractivity contribution is 5.35. The van der Waals surface area contributed by atoms with Gasteiger partial charge < -0.3 is 10.1 Å². The molecule has 1 N–H and O–H groups in total. The van der Waals surface area contributed by atoms with Crippen LogP contribution in [0.25, 0.3) is 0 Å². The molecule has 0 radical (unpaired) electrons. The molecule has 1 atom stereocenters. The fourth-order valence-corrected chi connectivity index (χ4v) is 1.28. The average molecular weight is 179 g/mol. The van der Waals surface area contributed by atoms with Gasteiger partial charge >= 0.3 is 0 Å². The van der Waals surface area contributed by atoms with Crippen LogP contribution in [0, 0.1) is 0 Å². The smallest absolute Gasteiger partial charge is 0.124 e. The lowest BCUT2D eigenvalue weighted by Crippen LogP contribution is -2.13. The highest BCUT2D eigenvalue weighted by Crippen LogP contribution is 2.24. The van der Waals surface area contributed by atoms with Crippen LogP contribution in [0.3, 0.4) is 0 Å². The third-order valence-electron chi connectivity index (χ3n) is 2.12. The maximum atomic E-state index is 5.52. The first-order valence-corrected chi connectivity index (χ1v) is 4.68. The van der Waals surface area contributed by atoms with Crippen molar-refractivity contribution in [3.8, 4) is 5.75 Å². The summed E-state index contributed by atoms with van der Waals surface area (Å²) in [7, 11) is 1.95. The fourth-order valence-electron chi connectivity index (χ4n) is 1.28. The molecule has 0 aliphatic carbocycles. The van der Waals surface area contributed by atoms with Crippen molar-refractivity contribution in [2.75, 3.05) is 13.7 Å². The molecule has 0 saturated carbocycles. The van der Waals surface area contributed by atoms with Crippen LogP contribution in [-0.2, 0) is 0 Å². The maximum absolute atomic E-state index is 5.52. The minimum absolute atomic E-state index is 0.336. The van der Waals surface area contributed by atoms with Gasteiger partial charge in [0.1, 0.15) is 5.75 Å². The van der Waals surface area contributed by atoms with Crippen molar-refractivity contribution in [3.63, 3.8) is 0 Å². The molecule has 72 valence electrons. The molecule has 0 fully saturated rings. The second-order valence-corrected chi connectivity index (χ2v) is 2.98. The molecule has 0 bridgehead atoms. The van der Waals surface area contributed by atoms with Crippen molar-refractivity contribution in [2.45, 2.75) is 19.9 Å². The zero-order chi connectivity index (χ0) is 9.68. The average Bonchev–Trinajstić information content (AvgIpc) is 2.18. The predicted molar refractivity (Wildman–Crippen MR) is 55.1 cm³/mol. The molecular weight excluding hydrogens is 162 g/mol. The van der Waals surface area contributed by atoms with Crippen molar-refractivity contribution >= 4 is 0 Å².